The molecule has 0 aliphatic heterocycles. The monoisotopic (exact) mass is 227 g/mol. The van der Waals surface area contributed by atoms with E-state index in [1.807, 2.05) is 0 Å². The summed E-state index contributed by atoms with van der Waals surface area (Å²) in [6.07, 6.45) is 6.70. The van der Waals surface area contributed by atoms with E-state index in [9.17, 15) is 4.79 Å². The second-order valence-corrected chi connectivity index (χ2v) is 6.12. The third-order valence-electron chi connectivity index (χ3n) is 4.74. The summed E-state index contributed by atoms with van der Waals surface area (Å²) < 4.78 is 1.51. The van der Waals surface area contributed by atoms with Gasteiger partial charge in [-0.05, 0) is 55.8 Å². The number of nitrogens with zero attached hydrogens (tertiary/aromatic N) is 1. The molecule has 2 nitrogen and oxygen atoms in total. The molecule has 84 valence electrons. The zero-order valence-electron chi connectivity index (χ0n) is 9.16. The summed E-state index contributed by atoms with van der Waals surface area (Å²) in [5, 5.41) is 0. The second-order valence-electron chi connectivity index (χ2n) is 5.75. The van der Waals surface area contributed by atoms with Crippen LogP contribution in [-0.4, -0.2) is 16.4 Å². The summed E-state index contributed by atoms with van der Waals surface area (Å²) in [6, 6.07) is 0.344. The van der Waals surface area contributed by atoms with Gasteiger partial charge in [0.05, 0.1) is 6.04 Å². The molecule has 4 aliphatic rings. The van der Waals surface area contributed by atoms with Gasteiger partial charge in [0.25, 0.3) is 0 Å². The first-order chi connectivity index (χ1) is 7.15. The first kappa shape index (κ1) is 9.95. The Balaban J connectivity index is 1.83. The van der Waals surface area contributed by atoms with Gasteiger partial charge in [-0.2, -0.15) is 0 Å². The van der Waals surface area contributed by atoms with Crippen molar-refractivity contribution in [1.82, 2.24) is 4.42 Å². The van der Waals surface area contributed by atoms with E-state index >= 15 is 0 Å². The molecule has 4 saturated carbocycles. The smallest absolute Gasteiger partial charge is 0.234 e. The number of carbonyl (C=O) groups excluding carboxylic acids is 1. The van der Waals surface area contributed by atoms with Crippen LogP contribution in [0.1, 0.15) is 39.0 Å². The van der Waals surface area contributed by atoms with E-state index in [1.54, 1.807) is 6.92 Å². The largest absolute Gasteiger partial charge is 0.274 e. The lowest BCUT2D eigenvalue weighted by Gasteiger charge is -2.55. The molecule has 0 atom stereocenters. The highest BCUT2D eigenvalue weighted by molar-refractivity contribution is 6.21. The van der Waals surface area contributed by atoms with Crippen LogP contribution in [0.4, 0.5) is 0 Å². The van der Waals surface area contributed by atoms with Crippen LogP contribution in [0.2, 0.25) is 0 Å². The van der Waals surface area contributed by atoms with Gasteiger partial charge in [-0.15, -0.1) is 0 Å². The lowest BCUT2D eigenvalue weighted by atomic mass is 9.54. The summed E-state index contributed by atoms with van der Waals surface area (Å²) in [5.41, 5.74) is 0. The van der Waals surface area contributed by atoms with Gasteiger partial charge >= 0.3 is 0 Å². The molecule has 0 heterocycles. The molecule has 0 saturated heterocycles. The van der Waals surface area contributed by atoms with E-state index < -0.39 is 0 Å². The van der Waals surface area contributed by atoms with Crippen LogP contribution in [0, 0.1) is 23.7 Å². The van der Waals surface area contributed by atoms with Gasteiger partial charge in [0.15, 0.2) is 0 Å². The highest BCUT2D eigenvalue weighted by atomic mass is 35.5. The van der Waals surface area contributed by atoms with Crippen molar-refractivity contribution < 1.29 is 4.79 Å². The van der Waals surface area contributed by atoms with Crippen LogP contribution in [0.25, 0.3) is 0 Å². The van der Waals surface area contributed by atoms with Crippen LogP contribution >= 0.6 is 11.8 Å². The Kier molecular flexibility index (Phi) is 2.24. The van der Waals surface area contributed by atoms with Gasteiger partial charge in [0.1, 0.15) is 0 Å². The van der Waals surface area contributed by atoms with E-state index in [0.29, 0.717) is 17.9 Å². The van der Waals surface area contributed by atoms with Gasteiger partial charge in [-0.3, -0.25) is 9.21 Å². The number of hydrogen-bond donors (Lipinski definition) is 0. The van der Waals surface area contributed by atoms with Crippen LogP contribution in [0.15, 0.2) is 0 Å². The Morgan fingerprint density at radius 2 is 1.53 bits per heavy atom. The molecule has 4 bridgehead atoms. The summed E-state index contributed by atoms with van der Waals surface area (Å²) in [7, 11) is 0. The Bertz CT molecular complexity index is 263. The predicted molar refractivity (Wildman–Crippen MR) is 59.2 cm³/mol. The lowest BCUT2D eigenvalue weighted by Crippen LogP contribution is -2.54. The fourth-order valence-corrected chi connectivity index (χ4v) is 4.80. The summed E-state index contributed by atoms with van der Waals surface area (Å²) in [5.74, 6) is 3.31. The molecular weight excluding hydrogens is 210 g/mol. The fraction of sp³-hybridized carbons (Fsp3) is 0.917. The topological polar surface area (TPSA) is 20.3 Å². The van der Waals surface area contributed by atoms with Gasteiger partial charge in [0.2, 0.25) is 5.91 Å². The van der Waals surface area contributed by atoms with Gasteiger partial charge in [0, 0.05) is 18.7 Å². The van der Waals surface area contributed by atoms with Gasteiger partial charge in [-0.25, -0.2) is 0 Å². The van der Waals surface area contributed by atoms with Crippen LogP contribution in [-0.2, 0) is 4.79 Å². The van der Waals surface area contributed by atoms with Crippen molar-refractivity contribution in [3.05, 3.63) is 0 Å². The number of rotatable bonds is 1. The van der Waals surface area contributed by atoms with E-state index in [0.717, 1.165) is 11.8 Å². The second kappa shape index (κ2) is 3.38. The van der Waals surface area contributed by atoms with Gasteiger partial charge < -0.3 is 0 Å². The average molecular weight is 228 g/mol. The van der Waals surface area contributed by atoms with E-state index in [4.69, 9.17) is 11.8 Å². The number of halogens is 1. The number of hydrogen-bond acceptors (Lipinski definition) is 1. The number of amides is 1. The zero-order chi connectivity index (χ0) is 10.6. The minimum Gasteiger partial charge on any atom is -0.274 e. The van der Waals surface area contributed by atoms with Crippen LogP contribution in [0.3, 0.4) is 0 Å². The quantitative estimate of drug-likeness (QED) is 0.631. The molecule has 15 heavy (non-hydrogen) atoms. The van der Waals surface area contributed by atoms with Crippen LogP contribution in [0.5, 0.6) is 0 Å². The van der Waals surface area contributed by atoms with Crippen molar-refractivity contribution in [2.75, 3.05) is 0 Å². The maximum absolute atomic E-state index is 11.4. The Morgan fingerprint density at radius 3 is 1.93 bits per heavy atom. The third kappa shape index (κ3) is 1.49. The minimum absolute atomic E-state index is 0.0224. The first-order valence-corrected chi connectivity index (χ1v) is 6.44. The lowest BCUT2D eigenvalue weighted by molar-refractivity contribution is -0.132. The summed E-state index contributed by atoms with van der Waals surface area (Å²) in [6.45, 7) is 1.58. The molecule has 0 unspecified atom stereocenters. The summed E-state index contributed by atoms with van der Waals surface area (Å²) in [4.78, 5) is 11.4. The molecule has 0 N–H and O–H groups in total. The van der Waals surface area contributed by atoms with Crippen molar-refractivity contribution in [1.29, 1.82) is 0 Å². The molecule has 0 aromatic heterocycles. The highest BCUT2D eigenvalue weighted by Gasteiger charge is 2.50. The molecule has 1 amide bonds. The normalized spacial score (nSPS) is 46.9. The molecular formula is C12H18ClNO. The molecule has 4 fully saturated rings. The van der Waals surface area contributed by atoms with Crippen molar-refractivity contribution in [2.24, 2.45) is 23.7 Å². The maximum Gasteiger partial charge on any atom is 0.234 e. The SMILES string of the molecule is CC(=O)N(Cl)C1C2CC3CC(C2)CC1C3. The minimum atomic E-state index is 0.0224. The molecule has 4 rings (SSSR count). The molecule has 0 radical (unpaired) electrons. The van der Waals surface area contributed by atoms with Crippen molar-refractivity contribution in [2.45, 2.75) is 45.1 Å². The third-order valence-corrected chi connectivity index (χ3v) is 5.20. The van der Waals surface area contributed by atoms with Crippen molar-refractivity contribution in [3.8, 4) is 0 Å². The molecule has 4 aliphatic carbocycles. The number of carbonyl (C=O) groups is 1. The van der Waals surface area contributed by atoms with E-state index in [-0.39, 0.29) is 5.91 Å². The zero-order valence-corrected chi connectivity index (χ0v) is 9.91. The average Bonchev–Trinajstić information content (AvgIpc) is 2.15. The van der Waals surface area contributed by atoms with Crippen molar-refractivity contribution >= 4 is 17.7 Å². The molecule has 0 aromatic rings. The fourth-order valence-electron chi connectivity index (χ4n) is 4.48. The maximum atomic E-state index is 11.4. The first-order valence-electron chi connectivity index (χ1n) is 6.10. The Labute approximate surface area is 96.1 Å². The summed E-state index contributed by atoms with van der Waals surface area (Å²) >= 11 is 6.14. The van der Waals surface area contributed by atoms with Crippen LogP contribution < -0.4 is 0 Å². The predicted octanol–water partition coefficient (Wildman–Crippen LogP) is 2.81. The Hall–Kier alpha value is -0.240. The van der Waals surface area contributed by atoms with E-state index in [1.165, 1.54) is 36.5 Å². The van der Waals surface area contributed by atoms with Crippen molar-refractivity contribution in [3.63, 3.8) is 0 Å². The van der Waals surface area contributed by atoms with E-state index in [2.05, 4.69) is 0 Å². The molecule has 0 spiro atoms. The Morgan fingerprint density at radius 1 is 1.07 bits per heavy atom. The molecule has 3 heteroatoms. The van der Waals surface area contributed by atoms with Gasteiger partial charge in [-0.1, -0.05) is 0 Å². The molecule has 0 aromatic carbocycles. The highest BCUT2D eigenvalue weighted by Crippen LogP contribution is 2.55. The standard InChI is InChI=1S/C12H18ClNO/c1-7(15)14(13)12-10-3-8-2-9(5-10)6-11(12)4-8/h8-12H,2-6H2,1H3.